The summed E-state index contributed by atoms with van der Waals surface area (Å²) in [6.45, 7) is 20.9. The van der Waals surface area contributed by atoms with E-state index in [2.05, 4.69) is 47.6 Å². The van der Waals surface area contributed by atoms with Crippen LogP contribution in [0.15, 0.2) is 66.7 Å². The first kappa shape index (κ1) is 46.7. The number of hydrogen-bond acceptors (Lipinski definition) is 10. The summed E-state index contributed by atoms with van der Waals surface area (Å²) in [4.78, 5) is 27.9. The number of ether oxygens (including phenoxy) is 3. The monoisotopic (exact) mass is 856 g/mol. The zero-order valence-corrected chi connectivity index (χ0v) is 38.3. The van der Waals surface area contributed by atoms with Crippen LogP contribution < -0.4 is 9.46 Å². The lowest BCUT2D eigenvalue weighted by Gasteiger charge is -2.36. The molecule has 58 heavy (non-hydrogen) atoms. The summed E-state index contributed by atoms with van der Waals surface area (Å²) < 4.78 is 54.6. The standard InChI is InChI=1S/C43H61ClN4O8SSi/c1-11-36-34-22-21-33(27-38(34)48(45-36)41(50)55-43(8,9)10)53-25-24-47(28-31-18-16-15-17-19-31)29-39(56-58(12-2,13-3)14-4)32-20-23-35(44)37(26-32)46-57(51,52)30-40(49)54-42(5,6)7/h15-23,26-27,39,46H,11-14,24-25,28-30H2,1-10H3. The van der Waals surface area contributed by atoms with Gasteiger partial charge in [-0.1, -0.05) is 75.7 Å². The van der Waals surface area contributed by atoms with E-state index in [9.17, 15) is 18.0 Å². The van der Waals surface area contributed by atoms with Crippen molar-refractivity contribution in [3.05, 3.63) is 88.6 Å². The van der Waals surface area contributed by atoms with E-state index >= 15 is 0 Å². The molecule has 1 aromatic heterocycles. The molecule has 0 aliphatic heterocycles. The van der Waals surface area contributed by atoms with Gasteiger partial charge in [0, 0.05) is 31.1 Å². The maximum Gasteiger partial charge on any atom is 0.435 e. The van der Waals surface area contributed by atoms with Crippen LogP contribution in [0.2, 0.25) is 23.2 Å². The first-order chi connectivity index (χ1) is 27.2. The number of aromatic nitrogens is 2. The largest absolute Gasteiger partial charge is 0.492 e. The van der Waals surface area contributed by atoms with Gasteiger partial charge in [-0.25, -0.2) is 13.2 Å². The fourth-order valence-electron chi connectivity index (χ4n) is 6.62. The van der Waals surface area contributed by atoms with Crippen LogP contribution in [0.1, 0.15) is 92.2 Å². The minimum absolute atomic E-state index is 0.151. The Morgan fingerprint density at radius 2 is 1.55 bits per heavy atom. The number of carbonyl (C=O) groups excluding carboxylic acids is 2. The van der Waals surface area contributed by atoms with Crippen LogP contribution >= 0.6 is 11.6 Å². The summed E-state index contributed by atoms with van der Waals surface area (Å²) in [5.41, 5.74) is 1.89. The van der Waals surface area contributed by atoms with Crippen molar-refractivity contribution in [2.75, 3.05) is 30.2 Å². The molecule has 1 unspecified atom stereocenters. The molecule has 4 rings (SSSR count). The van der Waals surface area contributed by atoms with Gasteiger partial charge in [0.25, 0.3) is 0 Å². The smallest absolute Gasteiger partial charge is 0.435 e. The van der Waals surface area contributed by atoms with Crippen molar-refractivity contribution >= 4 is 58.6 Å². The van der Waals surface area contributed by atoms with Crippen LogP contribution in [0.3, 0.4) is 0 Å². The van der Waals surface area contributed by atoms with Gasteiger partial charge >= 0.3 is 12.1 Å². The molecule has 4 aromatic rings. The van der Waals surface area contributed by atoms with Gasteiger partial charge in [-0.3, -0.25) is 14.4 Å². The summed E-state index contributed by atoms with van der Waals surface area (Å²) in [5, 5.41) is 5.60. The van der Waals surface area contributed by atoms with Crippen LogP contribution in [0.5, 0.6) is 5.75 Å². The molecule has 0 aliphatic carbocycles. The van der Waals surface area contributed by atoms with Crippen LogP contribution in [-0.4, -0.2) is 80.1 Å². The quantitative estimate of drug-likeness (QED) is 0.0717. The van der Waals surface area contributed by atoms with Crippen molar-refractivity contribution in [1.29, 1.82) is 0 Å². The van der Waals surface area contributed by atoms with Crippen molar-refractivity contribution in [3.63, 3.8) is 0 Å². The predicted octanol–water partition coefficient (Wildman–Crippen LogP) is 9.76. The van der Waals surface area contributed by atoms with Gasteiger partial charge in [0.2, 0.25) is 10.0 Å². The molecular formula is C43H61ClN4O8SSi. The Hall–Kier alpha value is -3.95. The molecule has 15 heteroatoms. The highest BCUT2D eigenvalue weighted by Gasteiger charge is 2.34. The van der Waals surface area contributed by atoms with Gasteiger partial charge in [-0.15, -0.1) is 0 Å². The minimum Gasteiger partial charge on any atom is -0.492 e. The van der Waals surface area contributed by atoms with Gasteiger partial charge in [0.15, 0.2) is 14.1 Å². The highest BCUT2D eigenvalue weighted by molar-refractivity contribution is 7.93. The van der Waals surface area contributed by atoms with Crippen LogP contribution in [-0.2, 0) is 41.7 Å². The maximum absolute atomic E-state index is 13.2. The van der Waals surface area contributed by atoms with E-state index in [1.165, 1.54) is 4.68 Å². The average molecular weight is 858 g/mol. The zero-order chi connectivity index (χ0) is 42.9. The van der Waals surface area contributed by atoms with Gasteiger partial charge in [-0.05, 0) is 101 Å². The van der Waals surface area contributed by atoms with Crippen molar-refractivity contribution in [2.24, 2.45) is 0 Å². The number of nitrogens with one attached hydrogen (secondary N) is 1. The second-order valence-electron chi connectivity index (χ2n) is 16.5. The van der Waals surface area contributed by atoms with E-state index in [0.29, 0.717) is 43.9 Å². The SMILES string of the molecule is CCc1nn(C(=O)OC(C)(C)C)c2cc(OCCN(Cc3ccccc3)CC(O[Si](CC)(CC)CC)c3ccc(Cl)c(NS(=O)(=O)CC(=O)OC(C)(C)C)c3)ccc12. The third-order valence-corrected chi connectivity index (χ3v) is 15.8. The first-order valence-corrected chi connectivity index (χ1v) is 24.6. The molecular weight excluding hydrogens is 796 g/mol. The number of fused-ring (bicyclic) bond motifs is 1. The number of halogens is 1. The topological polar surface area (TPSA) is 138 Å². The molecule has 0 spiro atoms. The lowest BCUT2D eigenvalue weighted by Crippen LogP contribution is -2.41. The third kappa shape index (κ3) is 13.5. The summed E-state index contributed by atoms with van der Waals surface area (Å²) >= 11 is 6.57. The highest BCUT2D eigenvalue weighted by Crippen LogP contribution is 2.34. The Labute approximate surface area is 350 Å². The number of carbonyl (C=O) groups is 2. The van der Waals surface area contributed by atoms with E-state index in [1.807, 2.05) is 70.2 Å². The minimum atomic E-state index is -4.15. The fraction of sp³-hybridized carbons (Fsp3) is 0.512. The Morgan fingerprint density at radius 3 is 2.16 bits per heavy atom. The summed E-state index contributed by atoms with van der Waals surface area (Å²) in [7, 11) is -6.37. The van der Waals surface area contributed by atoms with Gasteiger partial charge < -0.3 is 18.6 Å². The van der Waals surface area contributed by atoms with E-state index in [-0.39, 0.29) is 10.7 Å². The lowest BCUT2D eigenvalue weighted by atomic mass is 10.1. The number of nitrogens with zero attached hydrogens (tertiary/aromatic N) is 3. The number of esters is 1. The molecule has 1 atom stereocenters. The Balaban J connectivity index is 1.65. The van der Waals surface area contributed by atoms with Gasteiger partial charge in [0.1, 0.15) is 23.6 Å². The molecule has 0 saturated carbocycles. The molecule has 0 saturated heterocycles. The molecule has 0 bridgehead atoms. The molecule has 318 valence electrons. The molecule has 0 amide bonds. The lowest BCUT2D eigenvalue weighted by molar-refractivity contribution is -0.151. The number of benzene rings is 3. The van der Waals surface area contributed by atoms with E-state index < -0.39 is 53.5 Å². The molecule has 12 nitrogen and oxygen atoms in total. The third-order valence-electron chi connectivity index (χ3n) is 9.66. The predicted molar refractivity (Wildman–Crippen MR) is 234 cm³/mol. The second-order valence-corrected chi connectivity index (χ2v) is 23.3. The maximum atomic E-state index is 13.2. The van der Waals surface area contributed by atoms with Crippen molar-refractivity contribution in [1.82, 2.24) is 14.7 Å². The fourth-order valence-corrected chi connectivity index (χ4v) is 10.6. The van der Waals surface area contributed by atoms with Crippen LogP contribution in [0.4, 0.5) is 10.5 Å². The first-order valence-electron chi connectivity index (χ1n) is 20.0. The summed E-state index contributed by atoms with van der Waals surface area (Å²) in [6, 6.07) is 23.7. The molecule has 3 aromatic carbocycles. The highest BCUT2D eigenvalue weighted by atomic mass is 35.5. The Kier molecular flexibility index (Phi) is 16.0. The van der Waals surface area contributed by atoms with Gasteiger partial charge in [0.05, 0.1) is 28.0 Å². The Bertz CT molecular complexity index is 2100. The molecule has 0 fully saturated rings. The van der Waals surface area contributed by atoms with E-state index in [4.69, 9.17) is 30.2 Å². The van der Waals surface area contributed by atoms with Crippen LogP contribution in [0.25, 0.3) is 10.9 Å². The number of rotatable bonds is 19. The number of aryl methyl sites for hydroxylation is 1. The van der Waals surface area contributed by atoms with E-state index in [0.717, 1.165) is 40.3 Å². The zero-order valence-electron chi connectivity index (χ0n) is 35.7. The second kappa shape index (κ2) is 19.9. The van der Waals surface area contributed by atoms with E-state index in [1.54, 1.807) is 32.9 Å². The number of hydrogen-bond donors (Lipinski definition) is 1. The average Bonchev–Trinajstić information content (AvgIpc) is 3.51. The van der Waals surface area contributed by atoms with Crippen molar-refractivity contribution in [2.45, 2.75) is 118 Å². The van der Waals surface area contributed by atoms with Gasteiger partial charge in [-0.2, -0.15) is 9.78 Å². The molecule has 1 N–H and O–H groups in total. The number of anilines is 1. The molecule has 0 radical (unpaired) electrons. The summed E-state index contributed by atoms with van der Waals surface area (Å²) in [5.74, 6) is -1.14. The molecule has 0 aliphatic rings. The normalized spacial score (nSPS) is 13.1. The number of sulfonamides is 1. The van der Waals surface area contributed by atoms with Crippen molar-refractivity contribution in [3.8, 4) is 5.75 Å². The summed E-state index contributed by atoms with van der Waals surface area (Å²) in [6.07, 6.45) is -0.356. The Morgan fingerprint density at radius 1 is 0.897 bits per heavy atom. The van der Waals surface area contributed by atoms with Crippen LogP contribution in [0, 0.1) is 0 Å². The molecule has 1 heterocycles. The van der Waals surface area contributed by atoms with Crippen molar-refractivity contribution < 1.29 is 36.6 Å².